The lowest BCUT2D eigenvalue weighted by Gasteiger charge is -2.23. The van der Waals surface area contributed by atoms with Crippen LogP contribution < -0.4 is 5.73 Å². The van der Waals surface area contributed by atoms with Crippen LogP contribution in [-0.2, 0) is 5.75 Å². The van der Waals surface area contributed by atoms with Gasteiger partial charge in [-0.25, -0.2) is 4.39 Å². The SMILES string of the molecule is N[C@@H]1CSCc2c(F)ccc(Br)c21. The molecule has 4 heteroatoms. The monoisotopic (exact) mass is 261 g/mol. The lowest BCUT2D eigenvalue weighted by Crippen LogP contribution is -2.20. The van der Waals surface area contributed by atoms with E-state index in [-0.39, 0.29) is 11.9 Å². The number of hydrogen-bond donors (Lipinski definition) is 1. The predicted octanol–water partition coefficient (Wildman–Crippen LogP) is 2.83. The molecule has 0 amide bonds. The molecule has 1 aromatic rings. The Morgan fingerprint density at radius 2 is 2.31 bits per heavy atom. The molecular formula is C9H9BrFNS. The van der Waals surface area contributed by atoms with Crippen molar-refractivity contribution >= 4 is 27.7 Å². The molecule has 70 valence electrons. The maximum Gasteiger partial charge on any atom is 0.127 e. The summed E-state index contributed by atoms with van der Waals surface area (Å²) < 4.78 is 14.3. The molecule has 1 aromatic carbocycles. The lowest BCUT2D eigenvalue weighted by atomic mass is 10.0. The number of thioether (sulfide) groups is 1. The van der Waals surface area contributed by atoms with Gasteiger partial charge in [-0.15, -0.1) is 0 Å². The number of halogens is 2. The highest BCUT2D eigenvalue weighted by molar-refractivity contribution is 9.10. The first-order valence-corrected chi connectivity index (χ1v) is 5.95. The summed E-state index contributed by atoms with van der Waals surface area (Å²) in [4.78, 5) is 0. The van der Waals surface area contributed by atoms with E-state index < -0.39 is 0 Å². The first kappa shape index (κ1) is 9.49. The van der Waals surface area contributed by atoms with Crippen LogP contribution in [0.25, 0.3) is 0 Å². The van der Waals surface area contributed by atoms with E-state index in [9.17, 15) is 4.39 Å². The summed E-state index contributed by atoms with van der Waals surface area (Å²) in [5.41, 5.74) is 7.60. The van der Waals surface area contributed by atoms with E-state index in [1.54, 1.807) is 17.8 Å². The number of rotatable bonds is 0. The quantitative estimate of drug-likeness (QED) is 0.778. The van der Waals surface area contributed by atoms with Gasteiger partial charge in [0.05, 0.1) is 0 Å². The molecule has 1 aliphatic rings. The Bertz CT molecular complexity index is 343. The third kappa shape index (κ3) is 1.63. The minimum Gasteiger partial charge on any atom is -0.323 e. The van der Waals surface area contributed by atoms with Crippen LogP contribution in [0, 0.1) is 5.82 Å². The normalized spacial score (nSPS) is 21.3. The highest BCUT2D eigenvalue weighted by atomic mass is 79.9. The van der Waals surface area contributed by atoms with Crippen LogP contribution in [0.3, 0.4) is 0 Å². The van der Waals surface area contributed by atoms with Crippen molar-refractivity contribution in [1.82, 2.24) is 0 Å². The highest BCUT2D eigenvalue weighted by Gasteiger charge is 2.22. The summed E-state index contributed by atoms with van der Waals surface area (Å²) in [6.07, 6.45) is 0. The molecule has 0 fully saturated rings. The Morgan fingerprint density at radius 3 is 3.00 bits per heavy atom. The van der Waals surface area contributed by atoms with Gasteiger partial charge in [-0.2, -0.15) is 11.8 Å². The fourth-order valence-corrected chi connectivity index (χ4v) is 3.23. The number of hydrogen-bond acceptors (Lipinski definition) is 2. The average molecular weight is 262 g/mol. The minimum atomic E-state index is -0.138. The molecule has 1 atom stereocenters. The van der Waals surface area contributed by atoms with E-state index in [4.69, 9.17) is 5.73 Å². The van der Waals surface area contributed by atoms with Gasteiger partial charge in [0, 0.05) is 27.6 Å². The van der Waals surface area contributed by atoms with Crippen LogP contribution in [0.5, 0.6) is 0 Å². The van der Waals surface area contributed by atoms with Gasteiger partial charge in [0.2, 0.25) is 0 Å². The molecule has 1 heterocycles. The largest absolute Gasteiger partial charge is 0.323 e. The molecule has 0 aliphatic carbocycles. The van der Waals surface area contributed by atoms with Crippen LogP contribution in [0.15, 0.2) is 16.6 Å². The van der Waals surface area contributed by atoms with Crippen molar-refractivity contribution in [3.63, 3.8) is 0 Å². The molecule has 1 aliphatic heterocycles. The van der Waals surface area contributed by atoms with Gasteiger partial charge in [-0.05, 0) is 17.7 Å². The molecule has 0 radical (unpaired) electrons. The summed E-state index contributed by atoms with van der Waals surface area (Å²) in [6, 6.07) is 3.17. The molecule has 0 unspecified atom stereocenters. The first-order chi connectivity index (χ1) is 6.20. The Morgan fingerprint density at radius 1 is 1.54 bits per heavy atom. The summed E-state index contributed by atoms with van der Waals surface area (Å²) in [7, 11) is 0. The molecule has 2 N–H and O–H groups in total. The van der Waals surface area contributed by atoms with Gasteiger partial charge in [0.25, 0.3) is 0 Å². The summed E-state index contributed by atoms with van der Waals surface area (Å²) in [6.45, 7) is 0. The maximum atomic E-state index is 13.3. The molecular weight excluding hydrogens is 253 g/mol. The van der Waals surface area contributed by atoms with Gasteiger partial charge in [0.15, 0.2) is 0 Å². The smallest absolute Gasteiger partial charge is 0.127 e. The number of benzene rings is 1. The summed E-state index contributed by atoms with van der Waals surface area (Å²) in [5.74, 6) is 1.46. The fraction of sp³-hybridized carbons (Fsp3) is 0.333. The molecule has 0 saturated heterocycles. The van der Waals surface area contributed by atoms with Crippen molar-refractivity contribution in [1.29, 1.82) is 0 Å². The zero-order valence-electron chi connectivity index (χ0n) is 6.89. The van der Waals surface area contributed by atoms with Crippen molar-refractivity contribution in [3.05, 3.63) is 33.5 Å². The zero-order valence-corrected chi connectivity index (χ0v) is 9.29. The fourth-order valence-electron chi connectivity index (χ4n) is 1.53. The second kappa shape index (κ2) is 3.59. The average Bonchev–Trinajstić information content (AvgIpc) is 2.12. The van der Waals surface area contributed by atoms with Crippen molar-refractivity contribution in [2.24, 2.45) is 5.73 Å². The van der Waals surface area contributed by atoms with E-state index in [2.05, 4.69) is 15.9 Å². The number of nitrogens with two attached hydrogens (primary N) is 1. The third-order valence-corrected chi connectivity index (χ3v) is 3.94. The van der Waals surface area contributed by atoms with Crippen molar-refractivity contribution in [2.45, 2.75) is 11.8 Å². The third-order valence-electron chi connectivity index (χ3n) is 2.16. The summed E-state index contributed by atoms with van der Waals surface area (Å²) in [5, 5.41) is 0. The molecule has 13 heavy (non-hydrogen) atoms. The van der Waals surface area contributed by atoms with Gasteiger partial charge in [0.1, 0.15) is 5.82 Å². The van der Waals surface area contributed by atoms with Gasteiger partial charge in [-0.3, -0.25) is 0 Å². The van der Waals surface area contributed by atoms with Crippen LogP contribution in [0.2, 0.25) is 0 Å². The van der Waals surface area contributed by atoms with Crippen molar-refractivity contribution < 1.29 is 4.39 Å². The Hall–Kier alpha value is -0.0600. The van der Waals surface area contributed by atoms with Crippen LogP contribution in [0.1, 0.15) is 17.2 Å². The molecule has 0 saturated carbocycles. The molecule has 0 aromatic heterocycles. The Balaban J connectivity index is 2.60. The Labute approximate surface area is 89.0 Å². The lowest BCUT2D eigenvalue weighted by molar-refractivity contribution is 0.607. The van der Waals surface area contributed by atoms with Gasteiger partial charge < -0.3 is 5.73 Å². The predicted molar refractivity (Wildman–Crippen MR) is 57.2 cm³/mol. The second-order valence-electron chi connectivity index (χ2n) is 3.04. The molecule has 0 spiro atoms. The highest BCUT2D eigenvalue weighted by Crippen LogP contribution is 2.36. The van der Waals surface area contributed by atoms with Gasteiger partial charge in [-0.1, -0.05) is 15.9 Å². The van der Waals surface area contributed by atoms with E-state index >= 15 is 0 Å². The molecule has 2 rings (SSSR count). The molecule has 1 nitrogen and oxygen atoms in total. The van der Waals surface area contributed by atoms with E-state index in [0.717, 1.165) is 27.1 Å². The standard InChI is InChI=1S/C9H9BrFNS/c10-6-1-2-7(11)5-3-13-4-8(12)9(5)6/h1-2,8H,3-4,12H2/t8-/m1/s1. The van der Waals surface area contributed by atoms with Gasteiger partial charge >= 0.3 is 0 Å². The molecule has 0 bridgehead atoms. The Kier molecular flexibility index (Phi) is 2.62. The first-order valence-electron chi connectivity index (χ1n) is 4.00. The van der Waals surface area contributed by atoms with Crippen molar-refractivity contribution in [3.8, 4) is 0 Å². The van der Waals surface area contributed by atoms with E-state index in [1.807, 2.05) is 0 Å². The van der Waals surface area contributed by atoms with Crippen LogP contribution >= 0.6 is 27.7 Å². The van der Waals surface area contributed by atoms with E-state index in [1.165, 1.54) is 6.07 Å². The second-order valence-corrected chi connectivity index (χ2v) is 4.93. The number of fused-ring (bicyclic) bond motifs is 1. The van der Waals surface area contributed by atoms with E-state index in [0.29, 0.717) is 0 Å². The topological polar surface area (TPSA) is 26.0 Å². The van der Waals surface area contributed by atoms with Crippen molar-refractivity contribution in [2.75, 3.05) is 5.75 Å². The van der Waals surface area contributed by atoms with Crippen LogP contribution in [0.4, 0.5) is 4.39 Å². The van der Waals surface area contributed by atoms with Crippen LogP contribution in [-0.4, -0.2) is 5.75 Å². The maximum absolute atomic E-state index is 13.3. The zero-order chi connectivity index (χ0) is 9.42. The minimum absolute atomic E-state index is 0.0428. The summed E-state index contributed by atoms with van der Waals surface area (Å²) >= 11 is 5.08.